The quantitative estimate of drug-likeness (QED) is 0.718. The van der Waals surface area contributed by atoms with Gasteiger partial charge in [-0.3, -0.25) is 14.2 Å². The van der Waals surface area contributed by atoms with E-state index in [0.29, 0.717) is 10.9 Å². The van der Waals surface area contributed by atoms with Gasteiger partial charge < -0.3 is 5.11 Å². The van der Waals surface area contributed by atoms with Crippen LogP contribution in [0.4, 0.5) is 8.78 Å². The highest BCUT2D eigenvalue weighted by molar-refractivity contribution is 5.79. The Morgan fingerprint density at radius 1 is 1.15 bits per heavy atom. The first-order valence-electron chi connectivity index (χ1n) is 8.30. The Kier molecular flexibility index (Phi) is 5.40. The molecular formula is C20H16F2N2O3. The molecule has 1 aromatic heterocycles. The van der Waals surface area contributed by atoms with Gasteiger partial charge >= 0.3 is 5.97 Å². The van der Waals surface area contributed by atoms with Crippen molar-refractivity contribution < 1.29 is 18.7 Å². The third-order valence-corrected chi connectivity index (χ3v) is 4.04. The maximum atomic E-state index is 13.8. The van der Waals surface area contributed by atoms with Crippen molar-refractivity contribution in [3.05, 3.63) is 75.8 Å². The fourth-order valence-corrected chi connectivity index (χ4v) is 2.72. The number of hydrogen-bond donors (Lipinski definition) is 1. The van der Waals surface area contributed by atoms with E-state index < -0.39 is 17.6 Å². The van der Waals surface area contributed by atoms with Crippen LogP contribution in [0.2, 0.25) is 0 Å². The van der Waals surface area contributed by atoms with Crippen LogP contribution in [0.1, 0.15) is 24.2 Å². The monoisotopic (exact) mass is 370 g/mol. The first kappa shape index (κ1) is 18.4. The third-order valence-electron chi connectivity index (χ3n) is 4.04. The molecule has 1 heterocycles. The van der Waals surface area contributed by atoms with E-state index in [0.717, 1.165) is 12.1 Å². The van der Waals surface area contributed by atoms with Crippen molar-refractivity contribution in [1.29, 1.82) is 0 Å². The highest BCUT2D eigenvalue weighted by Crippen LogP contribution is 2.15. The van der Waals surface area contributed by atoms with Gasteiger partial charge in [0.25, 0.3) is 5.56 Å². The summed E-state index contributed by atoms with van der Waals surface area (Å²) in [6.45, 7) is 0.161. The van der Waals surface area contributed by atoms with E-state index in [1.165, 1.54) is 22.8 Å². The van der Waals surface area contributed by atoms with Crippen molar-refractivity contribution in [1.82, 2.24) is 9.55 Å². The molecule has 2 aromatic carbocycles. The molecule has 5 nitrogen and oxygen atoms in total. The summed E-state index contributed by atoms with van der Waals surface area (Å²) in [4.78, 5) is 28.0. The van der Waals surface area contributed by atoms with E-state index >= 15 is 0 Å². The third kappa shape index (κ3) is 4.25. The second kappa shape index (κ2) is 7.90. The van der Waals surface area contributed by atoms with Gasteiger partial charge in [-0.05, 0) is 42.8 Å². The molecule has 0 bridgehead atoms. The number of nitrogens with zero attached hydrogens (tertiary/aromatic N) is 2. The number of aromatic nitrogens is 2. The lowest BCUT2D eigenvalue weighted by Gasteiger charge is -2.10. The van der Waals surface area contributed by atoms with Crippen LogP contribution in [0.5, 0.6) is 0 Å². The second-order valence-electron chi connectivity index (χ2n) is 5.94. The number of aliphatic carboxylic acids is 1. The Balaban J connectivity index is 2.04. The van der Waals surface area contributed by atoms with E-state index in [1.54, 1.807) is 24.3 Å². The van der Waals surface area contributed by atoms with Crippen LogP contribution in [0, 0.1) is 11.6 Å². The van der Waals surface area contributed by atoms with Gasteiger partial charge in [0.05, 0.1) is 10.9 Å². The van der Waals surface area contributed by atoms with Crippen LogP contribution in [0.3, 0.4) is 0 Å². The Bertz CT molecular complexity index is 1090. The lowest BCUT2D eigenvalue weighted by atomic mass is 10.2. The summed E-state index contributed by atoms with van der Waals surface area (Å²) in [6.07, 6.45) is 3.03. The van der Waals surface area contributed by atoms with E-state index in [9.17, 15) is 18.4 Å². The molecule has 0 atom stereocenters. The van der Waals surface area contributed by atoms with E-state index in [1.807, 2.05) is 0 Å². The summed E-state index contributed by atoms with van der Waals surface area (Å²) in [5, 5.41) is 9.23. The van der Waals surface area contributed by atoms with Crippen molar-refractivity contribution in [2.24, 2.45) is 0 Å². The zero-order valence-corrected chi connectivity index (χ0v) is 14.2. The molecule has 0 aliphatic carbocycles. The van der Waals surface area contributed by atoms with Crippen molar-refractivity contribution in [2.75, 3.05) is 0 Å². The molecule has 0 radical (unpaired) electrons. The molecule has 0 saturated heterocycles. The van der Waals surface area contributed by atoms with E-state index in [-0.39, 0.29) is 36.3 Å². The van der Waals surface area contributed by atoms with Gasteiger partial charge in [0.1, 0.15) is 17.5 Å². The number of carbonyl (C=O) groups is 1. The summed E-state index contributed by atoms with van der Waals surface area (Å²) in [5.74, 6) is -2.10. The molecule has 0 spiro atoms. The number of hydrogen-bond acceptors (Lipinski definition) is 3. The number of halogens is 2. The summed E-state index contributed by atoms with van der Waals surface area (Å²) in [6, 6.07) is 9.99. The van der Waals surface area contributed by atoms with Crippen molar-refractivity contribution >= 4 is 29.0 Å². The number of para-hydroxylation sites is 1. The average Bonchev–Trinajstić information content (AvgIpc) is 2.63. The zero-order chi connectivity index (χ0) is 19.4. The highest BCUT2D eigenvalue weighted by atomic mass is 19.1. The smallest absolute Gasteiger partial charge is 0.303 e. The maximum absolute atomic E-state index is 13.8. The fraction of sp³-hybridized carbons (Fsp3) is 0.150. The Labute approximate surface area is 153 Å². The van der Waals surface area contributed by atoms with Crippen LogP contribution in [-0.4, -0.2) is 20.6 Å². The molecule has 3 aromatic rings. The number of rotatable bonds is 6. The van der Waals surface area contributed by atoms with Crippen LogP contribution in [0.25, 0.3) is 23.1 Å². The van der Waals surface area contributed by atoms with Gasteiger partial charge in [0.2, 0.25) is 0 Å². The Morgan fingerprint density at radius 2 is 1.93 bits per heavy atom. The molecule has 0 aliphatic heterocycles. The molecule has 1 N–H and O–H groups in total. The van der Waals surface area contributed by atoms with Gasteiger partial charge in [0, 0.05) is 24.6 Å². The molecule has 138 valence electrons. The van der Waals surface area contributed by atoms with E-state index in [4.69, 9.17) is 5.11 Å². The molecule has 7 heteroatoms. The summed E-state index contributed by atoms with van der Waals surface area (Å²) < 4.78 is 28.2. The maximum Gasteiger partial charge on any atom is 0.303 e. The summed E-state index contributed by atoms with van der Waals surface area (Å²) in [5.41, 5.74) is 0.331. The van der Waals surface area contributed by atoms with Gasteiger partial charge in [-0.25, -0.2) is 13.8 Å². The van der Waals surface area contributed by atoms with Crippen LogP contribution < -0.4 is 5.56 Å². The predicted octanol–water partition coefficient (Wildman–Crippen LogP) is 3.71. The first-order valence-corrected chi connectivity index (χ1v) is 8.30. The average molecular weight is 370 g/mol. The van der Waals surface area contributed by atoms with Crippen molar-refractivity contribution in [3.63, 3.8) is 0 Å². The normalized spacial score (nSPS) is 11.3. The number of benzene rings is 2. The van der Waals surface area contributed by atoms with Gasteiger partial charge in [-0.15, -0.1) is 0 Å². The largest absolute Gasteiger partial charge is 0.481 e. The van der Waals surface area contributed by atoms with Crippen LogP contribution >= 0.6 is 0 Å². The van der Waals surface area contributed by atoms with Gasteiger partial charge in [-0.2, -0.15) is 0 Å². The van der Waals surface area contributed by atoms with E-state index in [2.05, 4.69) is 4.98 Å². The second-order valence-corrected chi connectivity index (χ2v) is 5.94. The van der Waals surface area contributed by atoms with Crippen molar-refractivity contribution in [3.8, 4) is 0 Å². The molecule has 0 unspecified atom stereocenters. The number of carboxylic acid groups (broad SMARTS) is 1. The Morgan fingerprint density at radius 3 is 2.67 bits per heavy atom. The lowest BCUT2D eigenvalue weighted by Crippen LogP contribution is -2.24. The minimum Gasteiger partial charge on any atom is -0.481 e. The molecule has 3 rings (SSSR count). The molecule has 0 amide bonds. The fourth-order valence-electron chi connectivity index (χ4n) is 2.72. The van der Waals surface area contributed by atoms with Crippen LogP contribution in [0.15, 0.2) is 47.3 Å². The Hall–Kier alpha value is -3.35. The van der Waals surface area contributed by atoms with Crippen molar-refractivity contribution in [2.45, 2.75) is 19.4 Å². The zero-order valence-electron chi connectivity index (χ0n) is 14.2. The number of carboxylic acids is 1. The highest BCUT2D eigenvalue weighted by Gasteiger charge is 2.10. The molecule has 0 fully saturated rings. The topological polar surface area (TPSA) is 72.2 Å². The molecule has 0 aliphatic rings. The van der Waals surface area contributed by atoms with Gasteiger partial charge in [0.15, 0.2) is 0 Å². The standard InChI is InChI=1S/C20H16F2N2O3/c21-14-9-7-13(16(22)12-14)8-10-18-23-17-5-2-1-4-15(17)20(27)24(18)11-3-6-19(25)26/h1-2,4-5,7-10,12H,3,6,11H2,(H,25,26)/b10-8+. The minimum absolute atomic E-state index is 0.0883. The summed E-state index contributed by atoms with van der Waals surface area (Å²) >= 11 is 0. The first-order chi connectivity index (χ1) is 13.0. The lowest BCUT2D eigenvalue weighted by molar-refractivity contribution is -0.137. The SMILES string of the molecule is O=C(O)CCCn1c(/C=C/c2ccc(F)cc2F)nc2ccccc2c1=O. The molecule has 0 saturated carbocycles. The minimum atomic E-state index is -0.956. The van der Waals surface area contributed by atoms with Crippen LogP contribution in [-0.2, 0) is 11.3 Å². The molecule has 27 heavy (non-hydrogen) atoms. The van der Waals surface area contributed by atoms with Gasteiger partial charge in [-0.1, -0.05) is 12.1 Å². The number of fused-ring (bicyclic) bond motifs is 1. The predicted molar refractivity (Wildman–Crippen MR) is 98.2 cm³/mol. The summed E-state index contributed by atoms with van der Waals surface area (Å²) in [7, 11) is 0. The molecular weight excluding hydrogens is 354 g/mol.